The SMILES string of the molecule is CCCOc1ccc(C(NC)c2c(F)cccc2Br)cc1. The standard InChI is InChI=1S/C17H19BrFNO/c1-3-11-21-13-9-7-12(8-10-13)17(20-2)16-14(18)5-4-6-15(16)19/h4-10,17,20H,3,11H2,1-2H3. The highest BCUT2D eigenvalue weighted by Gasteiger charge is 2.19. The van der Waals surface area contributed by atoms with Crippen LogP contribution in [0.2, 0.25) is 0 Å². The van der Waals surface area contributed by atoms with E-state index in [9.17, 15) is 4.39 Å². The number of rotatable bonds is 6. The summed E-state index contributed by atoms with van der Waals surface area (Å²) in [6, 6.07) is 12.6. The highest BCUT2D eigenvalue weighted by Crippen LogP contribution is 2.31. The second kappa shape index (κ2) is 7.57. The van der Waals surface area contributed by atoms with Crippen LogP contribution in [0.25, 0.3) is 0 Å². The summed E-state index contributed by atoms with van der Waals surface area (Å²) in [5, 5.41) is 3.17. The van der Waals surface area contributed by atoms with Gasteiger partial charge in [0.2, 0.25) is 0 Å². The molecule has 0 aliphatic rings. The Labute approximate surface area is 133 Å². The molecule has 0 fully saturated rings. The first-order chi connectivity index (χ1) is 10.2. The summed E-state index contributed by atoms with van der Waals surface area (Å²) in [7, 11) is 1.82. The van der Waals surface area contributed by atoms with E-state index in [-0.39, 0.29) is 11.9 Å². The highest BCUT2D eigenvalue weighted by molar-refractivity contribution is 9.10. The molecule has 0 saturated carbocycles. The normalized spacial score (nSPS) is 12.2. The van der Waals surface area contributed by atoms with E-state index in [1.807, 2.05) is 37.4 Å². The third kappa shape index (κ3) is 3.83. The van der Waals surface area contributed by atoms with Gasteiger partial charge in [0.15, 0.2) is 0 Å². The minimum Gasteiger partial charge on any atom is -0.494 e. The van der Waals surface area contributed by atoms with Gasteiger partial charge in [-0.15, -0.1) is 0 Å². The van der Waals surface area contributed by atoms with Crippen molar-refractivity contribution in [3.8, 4) is 5.75 Å². The minimum absolute atomic E-state index is 0.208. The Morgan fingerprint density at radius 3 is 2.48 bits per heavy atom. The number of hydrogen-bond donors (Lipinski definition) is 1. The van der Waals surface area contributed by atoms with Crippen molar-refractivity contribution in [1.82, 2.24) is 5.32 Å². The molecule has 2 aromatic carbocycles. The van der Waals surface area contributed by atoms with Crippen molar-refractivity contribution in [1.29, 1.82) is 0 Å². The maximum atomic E-state index is 14.1. The van der Waals surface area contributed by atoms with Crippen molar-refractivity contribution in [2.75, 3.05) is 13.7 Å². The zero-order chi connectivity index (χ0) is 15.2. The van der Waals surface area contributed by atoms with E-state index in [0.29, 0.717) is 12.2 Å². The summed E-state index contributed by atoms with van der Waals surface area (Å²) in [6.07, 6.45) is 0.975. The van der Waals surface area contributed by atoms with Crippen LogP contribution in [0.4, 0.5) is 4.39 Å². The van der Waals surface area contributed by atoms with E-state index < -0.39 is 0 Å². The van der Waals surface area contributed by atoms with Gasteiger partial charge in [-0.2, -0.15) is 0 Å². The van der Waals surface area contributed by atoms with Crippen LogP contribution < -0.4 is 10.1 Å². The molecule has 0 aliphatic carbocycles. The summed E-state index contributed by atoms with van der Waals surface area (Å²) in [6.45, 7) is 2.77. The Kier molecular flexibility index (Phi) is 5.76. The number of hydrogen-bond acceptors (Lipinski definition) is 2. The van der Waals surface area contributed by atoms with Gasteiger partial charge < -0.3 is 10.1 Å². The minimum atomic E-state index is -0.227. The lowest BCUT2D eigenvalue weighted by Gasteiger charge is -2.19. The first-order valence-electron chi connectivity index (χ1n) is 7.01. The smallest absolute Gasteiger partial charge is 0.129 e. The average molecular weight is 352 g/mol. The fourth-order valence-electron chi connectivity index (χ4n) is 2.24. The molecule has 4 heteroatoms. The van der Waals surface area contributed by atoms with Crippen molar-refractivity contribution in [3.63, 3.8) is 0 Å². The molecule has 0 bridgehead atoms. The van der Waals surface area contributed by atoms with Crippen molar-refractivity contribution in [2.45, 2.75) is 19.4 Å². The van der Waals surface area contributed by atoms with Crippen molar-refractivity contribution in [2.24, 2.45) is 0 Å². The Bertz CT molecular complexity index is 566. The van der Waals surface area contributed by atoms with Crippen LogP contribution in [0, 0.1) is 5.82 Å². The first kappa shape index (κ1) is 16.0. The van der Waals surface area contributed by atoms with Crippen LogP contribution in [-0.4, -0.2) is 13.7 Å². The van der Waals surface area contributed by atoms with E-state index in [2.05, 4.69) is 28.2 Å². The number of nitrogens with one attached hydrogen (secondary N) is 1. The highest BCUT2D eigenvalue weighted by atomic mass is 79.9. The second-order valence-corrected chi connectivity index (χ2v) is 5.63. The van der Waals surface area contributed by atoms with Gasteiger partial charge in [0, 0.05) is 10.0 Å². The van der Waals surface area contributed by atoms with Gasteiger partial charge in [-0.1, -0.05) is 41.1 Å². The van der Waals surface area contributed by atoms with Gasteiger partial charge in [0.25, 0.3) is 0 Å². The first-order valence-corrected chi connectivity index (χ1v) is 7.80. The molecule has 1 unspecified atom stereocenters. The summed E-state index contributed by atoms with van der Waals surface area (Å²) in [5.74, 6) is 0.609. The summed E-state index contributed by atoms with van der Waals surface area (Å²) >= 11 is 3.43. The summed E-state index contributed by atoms with van der Waals surface area (Å²) in [5.41, 5.74) is 1.61. The summed E-state index contributed by atoms with van der Waals surface area (Å²) < 4.78 is 20.5. The molecular formula is C17H19BrFNO. The molecule has 0 amide bonds. The van der Waals surface area contributed by atoms with Crippen molar-refractivity contribution in [3.05, 3.63) is 63.9 Å². The molecule has 112 valence electrons. The van der Waals surface area contributed by atoms with E-state index in [4.69, 9.17) is 4.74 Å². The molecule has 0 heterocycles. The van der Waals surface area contributed by atoms with E-state index >= 15 is 0 Å². The molecular weight excluding hydrogens is 333 g/mol. The molecule has 1 atom stereocenters. The molecule has 2 nitrogen and oxygen atoms in total. The second-order valence-electron chi connectivity index (χ2n) is 4.77. The zero-order valence-electron chi connectivity index (χ0n) is 12.2. The van der Waals surface area contributed by atoms with Gasteiger partial charge >= 0.3 is 0 Å². The molecule has 0 radical (unpaired) electrons. The third-order valence-electron chi connectivity index (χ3n) is 3.26. The van der Waals surface area contributed by atoms with Gasteiger partial charge in [-0.3, -0.25) is 0 Å². The molecule has 0 aliphatic heterocycles. The quantitative estimate of drug-likeness (QED) is 0.815. The fourth-order valence-corrected chi connectivity index (χ4v) is 2.81. The Balaban J connectivity index is 2.29. The van der Waals surface area contributed by atoms with Crippen molar-refractivity contribution >= 4 is 15.9 Å². The van der Waals surface area contributed by atoms with Crippen LogP contribution in [0.3, 0.4) is 0 Å². The monoisotopic (exact) mass is 351 g/mol. The molecule has 21 heavy (non-hydrogen) atoms. The summed E-state index contributed by atoms with van der Waals surface area (Å²) in [4.78, 5) is 0. The van der Waals surface area contributed by atoms with Crippen LogP contribution in [0.5, 0.6) is 5.75 Å². The molecule has 1 N–H and O–H groups in total. The lowest BCUT2D eigenvalue weighted by atomic mass is 9.98. The Hall–Kier alpha value is -1.39. The van der Waals surface area contributed by atoms with Crippen molar-refractivity contribution < 1.29 is 9.13 Å². The maximum absolute atomic E-state index is 14.1. The Morgan fingerprint density at radius 1 is 1.19 bits per heavy atom. The largest absolute Gasteiger partial charge is 0.494 e. The predicted molar refractivity (Wildman–Crippen MR) is 87.2 cm³/mol. The van der Waals surface area contributed by atoms with E-state index in [1.165, 1.54) is 6.07 Å². The van der Waals surface area contributed by atoms with Crippen LogP contribution in [0.15, 0.2) is 46.9 Å². The van der Waals surface area contributed by atoms with Gasteiger partial charge in [0.1, 0.15) is 11.6 Å². The third-order valence-corrected chi connectivity index (χ3v) is 3.95. The Morgan fingerprint density at radius 2 is 1.90 bits per heavy atom. The van der Waals surface area contributed by atoms with Crippen LogP contribution in [0.1, 0.15) is 30.5 Å². The lowest BCUT2D eigenvalue weighted by molar-refractivity contribution is 0.317. The molecule has 2 rings (SSSR count). The fraction of sp³-hybridized carbons (Fsp3) is 0.294. The maximum Gasteiger partial charge on any atom is 0.129 e. The van der Waals surface area contributed by atoms with Gasteiger partial charge in [-0.25, -0.2) is 4.39 Å². The number of ether oxygens (including phenoxy) is 1. The van der Waals surface area contributed by atoms with Crippen LogP contribution in [-0.2, 0) is 0 Å². The number of halogens is 2. The van der Waals surface area contributed by atoms with Gasteiger partial charge in [0.05, 0.1) is 12.6 Å². The van der Waals surface area contributed by atoms with Crippen LogP contribution >= 0.6 is 15.9 Å². The van der Waals surface area contributed by atoms with Gasteiger partial charge in [-0.05, 0) is 43.3 Å². The zero-order valence-corrected chi connectivity index (χ0v) is 13.8. The average Bonchev–Trinajstić information content (AvgIpc) is 2.50. The molecule has 0 spiro atoms. The molecule has 2 aromatic rings. The van der Waals surface area contributed by atoms with E-state index in [0.717, 1.165) is 22.2 Å². The topological polar surface area (TPSA) is 21.3 Å². The molecule has 0 saturated heterocycles. The predicted octanol–water partition coefficient (Wildman–Crippen LogP) is 4.69. The lowest BCUT2D eigenvalue weighted by Crippen LogP contribution is -2.19. The number of benzene rings is 2. The van der Waals surface area contributed by atoms with E-state index in [1.54, 1.807) is 6.07 Å². The molecule has 0 aromatic heterocycles.